The van der Waals surface area contributed by atoms with Crippen molar-refractivity contribution in [3.63, 3.8) is 0 Å². The molecule has 0 aliphatic heterocycles. The minimum atomic E-state index is -0.880. The van der Waals surface area contributed by atoms with Crippen molar-refractivity contribution in [2.75, 3.05) is 14.2 Å². The Kier molecular flexibility index (Phi) is 22.8. The van der Waals surface area contributed by atoms with Gasteiger partial charge in [0.05, 0.1) is 14.2 Å². The van der Waals surface area contributed by atoms with Gasteiger partial charge in [-0.05, 0) is 119 Å². The Morgan fingerprint density at radius 1 is 0.407 bits per heavy atom. The smallest absolute Gasteiger partial charge is 0.160 e. The normalized spacial score (nSPS) is 10.6. The Morgan fingerprint density at radius 3 is 1.24 bits per heavy atom. The Bertz CT molecular complexity index is 1950. The number of hydrogen-bond donors (Lipinski definition) is 0. The molecule has 0 bridgehead atoms. The van der Waals surface area contributed by atoms with Gasteiger partial charge in [-0.1, -0.05) is 98.5 Å². The highest BCUT2D eigenvalue weighted by Gasteiger charge is 2.14. The summed E-state index contributed by atoms with van der Waals surface area (Å²) in [4.78, 5) is 0. The van der Waals surface area contributed by atoms with E-state index in [1.165, 1.54) is 35.4 Å². The Labute approximate surface area is 356 Å². The first-order valence-electron chi connectivity index (χ1n) is 19.2. The SMILES string of the molecule is CC(C)c1c(F)cc(F)cc1F.CC(C)c1cc(Cl)cc(Cl)c1.CC(C)c1cc(F)cc(F)c1.COc1ccc(C(C)C)cc1OC.Cc1cc(F)c(F)cc1C(C)C. The van der Waals surface area contributed by atoms with Gasteiger partial charge in [-0.25, -0.2) is 30.7 Å². The van der Waals surface area contributed by atoms with Gasteiger partial charge in [0.25, 0.3) is 0 Å². The molecule has 5 rings (SSSR count). The first kappa shape index (κ1) is 52.8. The summed E-state index contributed by atoms with van der Waals surface area (Å²) in [6.07, 6.45) is 0. The van der Waals surface area contributed by atoms with Crippen LogP contribution < -0.4 is 9.47 Å². The highest BCUT2D eigenvalue weighted by molar-refractivity contribution is 6.34. The zero-order valence-electron chi connectivity index (χ0n) is 36.1. The van der Waals surface area contributed by atoms with Gasteiger partial charge >= 0.3 is 0 Å². The molecule has 0 unspecified atom stereocenters. The molecule has 5 aromatic rings. The van der Waals surface area contributed by atoms with Crippen molar-refractivity contribution >= 4 is 23.2 Å². The molecule has 59 heavy (non-hydrogen) atoms. The van der Waals surface area contributed by atoms with Crippen LogP contribution in [0.2, 0.25) is 10.0 Å². The summed E-state index contributed by atoms with van der Waals surface area (Å²) in [6.45, 7) is 21.3. The van der Waals surface area contributed by atoms with E-state index in [0.29, 0.717) is 39.6 Å². The molecule has 0 aliphatic rings. The van der Waals surface area contributed by atoms with E-state index in [1.54, 1.807) is 41.1 Å². The van der Waals surface area contributed by atoms with Crippen molar-refractivity contribution < 1.29 is 40.2 Å². The lowest BCUT2D eigenvalue weighted by Crippen LogP contribution is -1.98. The van der Waals surface area contributed by atoms with Crippen LogP contribution in [-0.2, 0) is 0 Å². The van der Waals surface area contributed by atoms with Crippen molar-refractivity contribution in [2.24, 2.45) is 0 Å². The average Bonchev–Trinajstić information content (AvgIpc) is 3.12. The van der Waals surface area contributed by atoms with Gasteiger partial charge in [-0.3, -0.25) is 0 Å². The third kappa shape index (κ3) is 18.3. The van der Waals surface area contributed by atoms with Crippen molar-refractivity contribution in [3.8, 4) is 11.5 Å². The fraction of sp³-hybridized carbons (Fsp3) is 0.375. The van der Waals surface area contributed by atoms with Crippen LogP contribution in [0.15, 0.2) is 78.9 Å². The summed E-state index contributed by atoms with van der Waals surface area (Å²) in [5, 5.41) is 1.42. The maximum atomic E-state index is 12.9. The predicted octanol–water partition coefficient (Wildman–Crippen LogP) is 16.7. The molecular formula is C48H57Cl2F7O2. The Balaban J connectivity index is 0.000000369. The van der Waals surface area contributed by atoms with E-state index in [9.17, 15) is 30.7 Å². The first-order chi connectivity index (χ1) is 27.4. The summed E-state index contributed by atoms with van der Waals surface area (Å²) >= 11 is 11.6. The quantitative estimate of drug-likeness (QED) is 0.152. The van der Waals surface area contributed by atoms with E-state index in [2.05, 4.69) is 33.8 Å². The molecule has 0 saturated carbocycles. The highest BCUT2D eigenvalue weighted by atomic mass is 35.5. The van der Waals surface area contributed by atoms with Crippen LogP contribution in [0.1, 0.15) is 132 Å². The third-order valence-corrected chi connectivity index (χ3v) is 9.17. The maximum Gasteiger partial charge on any atom is 0.160 e. The second kappa shape index (κ2) is 25.4. The molecule has 324 valence electrons. The molecule has 0 aromatic heterocycles. The molecule has 2 nitrogen and oxygen atoms in total. The van der Waals surface area contributed by atoms with E-state index in [4.69, 9.17) is 32.7 Å². The number of hydrogen-bond acceptors (Lipinski definition) is 2. The fourth-order valence-electron chi connectivity index (χ4n) is 5.42. The van der Waals surface area contributed by atoms with Gasteiger partial charge in [-0.2, -0.15) is 0 Å². The van der Waals surface area contributed by atoms with Gasteiger partial charge in [0, 0.05) is 33.8 Å². The number of halogens is 9. The van der Waals surface area contributed by atoms with Gasteiger partial charge in [0.1, 0.15) is 29.1 Å². The third-order valence-electron chi connectivity index (χ3n) is 8.73. The van der Waals surface area contributed by atoms with Crippen molar-refractivity contribution in [1.82, 2.24) is 0 Å². The Morgan fingerprint density at radius 2 is 0.831 bits per heavy atom. The summed E-state index contributed by atoms with van der Waals surface area (Å²) in [5.74, 6) is -2.35. The molecule has 0 spiro atoms. The van der Waals surface area contributed by atoms with Crippen LogP contribution >= 0.6 is 23.2 Å². The lowest BCUT2D eigenvalue weighted by atomic mass is 9.98. The molecular weight excluding hydrogens is 812 g/mol. The number of rotatable bonds is 7. The van der Waals surface area contributed by atoms with Crippen LogP contribution in [0.25, 0.3) is 0 Å². The first-order valence-corrected chi connectivity index (χ1v) is 19.9. The number of aryl methyl sites for hydroxylation is 1. The summed E-state index contributed by atoms with van der Waals surface area (Å²) in [6, 6.07) is 19.1. The van der Waals surface area contributed by atoms with Crippen LogP contribution in [0.5, 0.6) is 11.5 Å². The van der Waals surface area contributed by atoms with Gasteiger partial charge in [-0.15, -0.1) is 0 Å². The summed E-state index contributed by atoms with van der Waals surface area (Å²) in [5.41, 5.74) is 4.76. The van der Waals surface area contributed by atoms with E-state index in [1.807, 2.05) is 52.0 Å². The molecule has 0 N–H and O–H groups in total. The minimum absolute atomic E-state index is 0.0589. The molecule has 0 aliphatic carbocycles. The van der Waals surface area contributed by atoms with Gasteiger partial charge in [0.2, 0.25) is 0 Å². The van der Waals surface area contributed by atoms with Gasteiger partial charge < -0.3 is 9.47 Å². The Hall–Kier alpha value is -4.21. The van der Waals surface area contributed by atoms with Crippen LogP contribution in [-0.4, -0.2) is 14.2 Å². The van der Waals surface area contributed by atoms with E-state index < -0.39 is 40.7 Å². The zero-order valence-corrected chi connectivity index (χ0v) is 37.6. The second-order valence-electron chi connectivity index (χ2n) is 15.2. The molecule has 0 atom stereocenters. The zero-order chi connectivity index (χ0) is 45.3. The highest BCUT2D eigenvalue weighted by Crippen LogP contribution is 2.30. The molecule has 0 heterocycles. The van der Waals surface area contributed by atoms with Crippen LogP contribution in [0.4, 0.5) is 30.7 Å². The molecule has 11 heteroatoms. The molecule has 0 amide bonds. The lowest BCUT2D eigenvalue weighted by molar-refractivity contribution is 0.354. The van der Waals surface area contributed by atoms with Crippen LogP contribution in [0.3, 0.4) is 0 Å². The molecule has 0 saturated heterocycles. The van der Waals surface area contributed by atoms with Crippen molar-refractivity contribution in [3.05, 3.63) is 163 Å². The minimum Gasteiger partial charge on any atom is -0.493 e. The van der Waals surface area contributed by atoms with E-state index in [-0.39, 0.29) is 23.3 Å². The number of methoxy groups -OCH3 is 2. The monoisotopic (exact) mass is 868 g/mol. The standard InChI is InChI=1S/C11H16O2.C10H12F2.C9H10Cl2.C9H9F3.C9H10F2/c1-8(2)9-5-6-10(12-3)11(7-9)13-4;1-6(2)8-5-10(12)9(11)4-7(8)3;1-6(2)7-3-8(10)5-9(11)4-7;1-5(2)9-7(11)3-6(10)4-8(9)12;1-6(2)7-3-8(10)5-9(11)4-7/h5-8H,1-4H3;4-6H,1-3H3;3-6H,1-2H3;3-5H,1-2H3;3-6H,1-2H3. The number of benzene rings is 5. The predicted molar refractivity (Wildman–Crippen MR) is 230 cm³/mol. The van der Waals surface area contributed by atoms with Gasteiger partial charge in [0.15, 0.2) is 23.1 Å². The fourth-order valence-corrected chi connectivity index (χ4v) is 5.96. The summed E-state index contributed by atoms with van der Waals surface area (Å²) in [7, 11) is 3.30. The molecule has 0 fully saturated rings. The second-order valence-corrected chi connectivity index (χ2v) is 16.1. The number of ether oxygens (including phenoxy) is 2. The molecule has 5 aromatic carbocycles. The summed E-state index contributed by atoms with van der Waals surface area (Å²) < 4.78 is 99.0. The topological polar surface area (TPSA) is 18.5 Å². The van der Waals surface area contributed by atoms with Crippen molar-refractivity contribution in [1.29, 1.82) is 0 Å². The lowest BCUT2D eigenvalue weighted by Gasteiger charge is -2.11. The van der Waals surface area contributed by atoms with E-state index >= 15 is 0 Å². The van der Waals surface area contributed by atoms with E-state index in [0.717, 1.165) is 28.7 Å². The largest absolute Gasteiger partial charge is 0.493 e. The van der Waals surface area contributed by atoms with Crippen LogP contribution in [0, 0.1) is 47.6 Å². The molecule has 0 radical (unpaired) electrons. The maximum absolute atomic E-state index is 12.9. The van der Waals surface area contributed by atoms with Crippen molar-refractivity contribution in [2.45, 2.75) is 106 Å². The average molecular weight is 870 g/mol.